The number of hydrogen-bond acceptors (Lipinski definition) is 8. The fourth-order valence-corrected chi connectivity index (χ4v) is 4.42. The Labute approximate surface area is 169 Å². The maximum Gasteiger partial charge on any atom is 0.353 e. The van der Waals surface area contributed by atoms with Crippen molar-refractivity contribution in [3.05, 3.63) is 60.0 Å². The highest BCUT2D eigenvalue weighted by atomic mass is 32.2. The number of anilines is 1. The molecule has 0 unspecified atom stereocenters. The third kappa shape index (κ3) is 5.51. The second-order valence-corrected chi connectivity index (χ2v) is 9.45. The van der Waals surface area contributed by atoms with E-state index in [9.17, 15) is 17.8 Å². The number of rotatable bonds is 9. The van der Waals surface area contributed by atoms with Crippen molar-refractivity contribution >= 4 is 35.4 Å². The zero-order valence-corrected chi connectivity index (χ0v) is 17.8. The molecule has 0 fully saturated rings. The average molecular weight is 440 g/mol. The van der Waals surface area contributed by atoms with E-state index in [1.165, 1.54) is 50.5 Å². The lowest BCUT2D eigenvalue weighted by Crippen LogP contribution is -2.37. The van der Waals surface area contributed by atoms with Gasteiger partial charge < -0.3 is 13.8 Å². The van der Waals surface area contributed by atoms with Gasteiger partial charge >= 0.3 is 13.6 Å². The first-order chi connectivity index (χ1) is 13.8. The molecule has 156 valence electrons. The molecule has 29 heavy (non-hydrogen) atoms. The van der Waals surface area contributed by atoms with Crippen LogP contribution in [0.2, 0.25) is 0 Å². The summed E-state index contributed by atoms with van der Waals surface area (Å²) in [6, 6.07) is 10.8. The fraction of sp³-hybridized carbons (Fsp3) is 0.222. The van der Waals surface area contributed by atoms with Crippen LogP contribution in [0.5, 0.6) is 0 Å². The number of hydrogen-bond donors (Lipinski definition) is 0. The Kier molecular flexibility index (Phi) is 7.69. The minimum atomic E-state index is -4.19. The zero-order chi connectivity index (χ0) is 21.5. The number of sulfonamides is 1. The molecule has 1 heterocycles. The van der Waals surface area contributed by atoms with Crippen molar-refractivity contribution in [1.82, 2.24) is 4.98 Å². The molecule has 0 saturated heterocycles. The molecule has 1 aromatic carbocycles. The molecule has 1 aromatic heterocycles. The van der Waals surface area contributed by atoms with Gasteiger partial charge in [0.1, 0.15) is 6.54 Å². The number of ether oxygens (including phenoxy) is 1. The first kappa shape index (κ1) is 22.8. The molecule has 0 amide bonds. The van der Waals surface area contributed by atoms with E-state index in [0.717, 1.165) is 11.4 Å². The van der Waals surface area contributed by atoms with E-state index in [2.05, 4.69) is 9.72 Å². The topological polar surface area (TPSA) is 112 Å². The highest BCUT2D eigenvalue weighted by Crippen LogP contribution is 2.48. The summed E-state index contributed by atoms with van der Waals surface area (Å²) in [5.74, 6) is 0.443. The minimum Gasteiger partial charge on any atom is -0.468 e. The monoisotopic (exact) mass is 440 g/mol. The highest BCUT2D eigenvalue weighted by Gasteiger charge is 2.30. The van der Waals surface area contributed by atoms with Crippen LogP contribution in [0.4, 0.5) is 5.69 Å². The number of carbonyl (C=O) groups is 1. The second-order valence-electron chi connectivity index (χ2n) is 5.54. The fourth-order valence-electron chi connectivity index (χ4n) is 2.32. The van der Waals surface area contributed by atoms with Crippen LogP contribution < -0.4 is 4.31 Å². The molecule has 9 nitrogen and oxygen atoms in total. The molecule has 0 saturated carbocycles. The van der Waals surface area contributed by atoms with E-state index in [4.69, 9.17) is 9.05 Å². The molecule has 0 bridgehead atoms. The van der Waals surface area contributed by atoms with E-state index in [-0.39, 0.29) is 10.7 Å². The standard InChI is InChI=1S/C18H21N2O7PS/c1-25-18(21)14-20(29(23,24)17-10-6-7-12-19-17)16-9-5-4-8-15(16)11-13-28(22,26-2)27-3/h4-13H,14H2,1-3H3/b13-11+. The van der Waals surface area contributed by atoms with Gasteiger partial charge in [-0.05, 0) is 29.8 Å². The number of benzene rings is 1. The molecule has 0 aliphatic carbocycles. The maximum absolute atomic E-state index is 13.2. The third-order valence-electron chi connectivity index (χ3n) is 3.84. The van der Waals surface area contributed by atoms with Gasteiger partial charge in [0, 0.05) is 26.2 Å². The van der Waals surface area contributed by atoms with Gasteiger partial charge in [-0.2, -0.15) is 8.42 Å². The number of carbonyl (C=O) groups excluding carboxylic acids is 1. The van der Waals surface area contributed by atoms with Crippen molar-refractivity contribution in [3.8, 4) is 0 Å². The Balaban J connectivity index is 2.60. The Hall–Kier alpha value is -2.52. The molecule has 0 aliphatic heterocycles. The summed E-state index contributed by atoms with van der Waals surface area (Å²) in [7, 11) is -4.05. The third-order valence-corrected chi connectivity index (χ3v) is 7.05. The van der Waals surface area contributed by atoms with Crippen molar-refractivity contribution < 1.29 is 31.6 Å². The largest absolute Gasteiger partial charge is 0.468 e. The number of esters is 1. The molecule has 0 radical (unpaired) electrons. The number of methoxy groups -OCH3 is 1. The molecule has 0 atom stereocenters. The predicted molar refractivity (Wildman–Crippen MR) is 108 cm³/mol. The summed E-state index contributed by atoms with van der Waals surface area (Å²) in [4.78, 5) is 15.8. The summed E-state index contributed by atoms with van der Waals surface area (Å²) in [5.41, 5.74) is 0.531. The normalized spacial score (nSPS) is 12.1. The van der Waals surface area contributed by atoms with Crippen molar-refractivity contribution in [2.24, 2.45) is 0 Å². The van der Waals surface area contributed by atoms with E-state index in [1.54, 1.807) is 24.3 Å². The SMILES string of the molecule is COC(=O)CN(c1ccccc1/C=C/P(=O)(OC)OC)S(=O)(=O)c1ccccn1. The summed E-state index contributed by atoms with van der Waals surface area (Å²) < 4.78 is 53.9. The Morgan fingerprint density at radius 2 is 1.76 bits per heavy atom. The van der Waals surface area contributed by atoms with Crippen molar-refractivity contribution in [2.75, 3.05) is 32.2 Å². The molecular weight excluding hydrogens is 419 g/mol. The second kappa shape index (κ2) is 9.80. The van der Waals surface area contributed by atoms with Gasteiger partial charge in [0.25, 0.3) is 10.0 Å². The molecular formula is C18H21N2O7PS. The van der Waals surface area contributed by atoms with Gasteiger partial charge in [0.05, 0.1) is 12.8 Å². The lowest BCUT2D eigenvalue weighted by molar-refractivity contribution is -0.138. The van der Waals surface area contributed by atoms with Crippen LogP contribution in [-0.2, 0) is 33.2 Å². The van der Waals surface area contributed by atoms with Gasteiger partial charge in [-0.1, -0.05) is 24.3 Å². The minimum absolute atomic E-state index is 0.165. The lowest BCUT2D eigenvalue weighted by atomic mass is 10.2. The van der Waals surface area contributed by atoms with Crippen molar-refractivity contribution in [1.29, 1.82) is 0 Å². The van der Waals surface area contributed by atoms with E-state index in [0.29, 0.717) is 5.56 Å². The average Bonchev–Trinajstić information content (AvgIpc) is 2.76. The molecule has 0 N–H and O–H groups in total. The van der Waals surface area contributed by atoms with Crippen LogP contribution in [0.25, 0.3) is 6.08 Å². The number of nitrogens with zero attached hydrogens (tertiary/aromatic N) is 2. The Morgan fingerprint density at radius 3 is 2.34 bits per heavy atom. The quantitative estimate of drug-likeness (QED) is 0.432. The van der Waals surface area contributed by atoms with Gasteiger partial charge in [-0.3, -0.25) is 13.7 Å². The maximum atomic E-state index is 13.2. The van der Waals surface area contributed by atoms with E-state index >= 15 is 0 Å². The Bertz CT molecular complexity index is 1020. The molecule has 0 spiro atoms. The number of pyridine rings is 1. The zero-order valence-electron chi connectivity index (χ0n) is 16.1. The molecule has 2 aromatic rings. The summed E-state index contributed by atoms with van der Waals surface area (Å²) in [6.45, 7) is -0.577. The van der Waals surface area contributed by atoms with Crippen LogP contribution in [0.3, 0.4) is 0 Å². The van der Waals surface area contributed by atoms with Crippen LogP contribution in [0, 0.1) is 0 Å². The smallest absolute Gasteiger partial charge is 0.353 e. The summed E-state index contributed by atoms with van der Waals surface area (Å²) in [5, 5.41) is -0.234. The van der Waals surface area contributed by atoms with Gasteiger partial charge in [-0.15, -0.1) is 0 Å². The van der Waals surface area contributed by atoms with E-state index in [1.807, 2.05) is 0 Å². The van der Waals surface area contributed by atoms with Gasteiger partial charge in [-0.25, -0.2) is 4.98 Å². The molecule has 0 aliphatic rings. The highest BCUT2D eigenvalue weighted by molar-refractivity contribution is 7.92. The lowest BCUT2D eigenvalue weighted by Gasteiger charge is -2.24. The van der Waals surface area contributed by atoms with Crippen LogP contribution >= 0.6 is 7.60 Å². The molecule has 11 heteroatoms. The summed E-state index contributed by atoms with van der Waals surface area (Å²) >= 11 is 0. The first-order valence-corrected chi connectivity index (χ1v) is 11.3. The predicted octanol–water partition coefficient (Wildman–Crippen LogP) is 2.91. The van der Waals surface area contributed by atoms with Crippen LogP contribution in [-0.4, -0.2) is 47.2 Å². The molecule has 2 rings (SSSR count). The number of aromatic nitrogens is 1. The van der Waals surface area contributed by atoms with Crippen molar-refractivity contribution in [2.45, 2.75) is 5.03 Å². The van der Waals surface area contributed by atoms with E-state index < -0.39 is 30.1 Å². The van der Waals surface area contributed by atoms with Gasteiger partial charge in [0.2, 0.25) is 0 Å². The Morgan fingerprint density at radius 1 is 1.10 bits per heavy atom. The van der Waals surface area contributed by atoms with Crippen LogP contribution in [0.15, 0.2) is 59.5 Å². The first-order valence-electron chi connectivity index (χ1n) is 8.27. The summed E-state index contributed by atoms with van der Waals surface area (Å²) in [6.07, 6.45) is 2.74. The van der Waals surface area contributed by atoms with Crippen molar-refractivity contribution in [3.63, 3.8) is 0 Å². The van der Waals surface area contributed by atoms with Gasteiger partial charge in [0.15, 0.2) is 5.03 Å². The number of para-hydroxylation sites is 1. The van der Waals surface area contributed by atoms with Crippen LogP contribution in [0.1, 0.15) is 5.56 Å².